The summed E-state index contributed by atoms with van der Waals surface area (Å²) in [5.74, 6) is 0. The van der Waals surface area contributed by atoms with Crippen LogP contribution in [-0.4, -0.2) is 21.4 Å². The average Bonchev–Trinajstić information content (AvgIpc) is 2.58. The van der Waals surface area contributed by atoms with E-state index in [-0.39, 0.29) is 0 Å². The third-order valence-corrected chi connectivity index (χ3v) is 4.46. The molecule has 0 amide bonds. The van der Waals surface area contributed by atoms with Gasteiger partial charge in [-0.2, -0.15) is 0 Å². The highest BCUT2D eigenvalue weighted by Crippen LogP contribution is 2.45. The average molecular weight is 292 g/mol. The van der Waals surface area contributed by atoms with Gasteiger partial charge in [0.2, 0.25) is 0 Å². The van der Waals surface area contributed by atoms with Crippen LogP contribution < -0.4 is 0 Å². The molecule has 0 heterocycles. The summed E-state index contributed by atoms with van der Waals surface area (Å²) in [5.41, 5.74) is 3.23. The van der Waals surface area contributed by atoms with Crippen molar-refractivity contribution >= 4 is 10.8 Å². The van der Waals surface area contributed by atoms with Gasteiger partial charge in [-0.3, -0.25) is 0 Å². The van der Waals surface area contributed by atoms with Gasteiger partial charge in [0.25, 0.3) is 0 Å². The van der Waals surface area contributed by atoms with Crippen LogP contribution in [0.15, 0.2) is 60.7 Å². The molecule has 3 N–H and O–H groups in total. The van der Waals surface area contributed by atoms with Crippen molar-refractivity contribution in [3.05, 3.63) is 71.8 Å². The zero-order valence-electron chi connectivity index (χ0n) is 11.8. The van der Waals surface area contributed by atoms with Crippen molar-refractivity contribution in [3.8, 4) is 11.1 Å². The molecule has 0 aromatic heterocycles. The molecular weight excluding hydrogens is 276 g/mol. The van der Waals surface area contributed by atoms with Crippen LogP contribution in [0.3, 0.4) is 0 Å². The molecule has 1 aliphatic rings. The van der Waals surface area contributed by atoms with Crippen molar-refractivity contribution < 1.29 is 15.3 Å². The highest BCUT2D eigenvalue weighted by molar-refractivity contribution is 5.95. The Morgan fingerprint density at radius 2 is 1.45 bits per heavy atom. The topological polar surface area (TPSA) is 60.7 Å². The van der Waals surface area contributed by atoms with E-state index < -0.39 is 18.3 Å². The Morgan fingerprint density at radius 3 is 2.23 bits per heavy atom. The zero-order valence-corrected chi connectivity index (χ0v) is 11.8. The van der Waals surface area contributed by atoms with E-state index in [4.69, 9.17) is 0 Å². The van der Waals surface area contributed by atoms with E-state index in [9.17, 15) is 15.3 Å². The summed E-state index contributed by atoms with van der Waals surface area (Å²) in [6.45, 7) is 0. The lowest BCUT2D eigenvalue weighted by atomic mass is 9.79. The lowest BCUT2D eigenvalue weighted by Crippen LogP contribution is -2.30. The van der Waals surface area contributed by atoms with Crippen molar-refractivity contribution in [1.82, 2.24) is 0 Å². The summed E-state index contributed by atoms with van der Waals surface area (Å²) < 4.78 is 0. The third-order valence-electron chi connectivity index (χ3n) is 4.46. The molecule has 3 nitrogen and oxygen atoms in total. The summed E-state index contributed by atoms with van der Waals surface area (Å²) in [7, 11) is 0. The smallest absolute Gasteiger partial charge is 0.114 e. The second kappa shape index (κ2) is 4.92. The Kier molecular flexibility index (Phi) is 3.01. The van der Waals surface area contributed by atoms with Crippen molar-refractivity contribution in [2.24, 2.45) is 0 Å². The number of aliphatic hydroxyl groups is 3. The van der Waals surface area contributed by atoms with Crippen LogP contribution in [0.1, 0.15) is 23.3 Å². The summed E-state index contributed by atoms with van der Waals surface area (Å²) in [6.07, 6.45) is -3.40. The highest BCUT2D eigenvalue weighted by Gasteiger charge is 2.36. The molecule has 0 saturated heterocycles. The van der Waals surface area contributed by atoms with Crippen molar-refractivity contribution in [2.75, 3.05) is 0 Å². The van der Waals surface area contributed by atoms with E-state index in [2.05, 4.69) is 0 Å². The van der Waals surface area contributed by atoms with E-state index in [1.807, 2.05) is 54.6 Å². The van der Waals surface area contributed by atoms with E-state index in [1.165, 1.54) is 0 Å². The number of hydrogen-bond donors (Lipinski definition) is 3. The molecule has 110 valence electrons. The van der Waals surface area contributed by atoms with Crippen molar-refractivity contribution in [2.45, 2.75) is 18.3 Å². The molecule has 4 rings (SSSR count). The van der Waals surface area contributed by atoms with Crippen LogP contribution >= 0.6 is 0 Å². The first-order chi connectivity index (χ1) is 10.7. The number of benzene rings is 3. The van der Waals surface area contributed by atoms with Gasteiger partial charge in [0.1, 0.15) is 18.3 Å². The summed E-state index contributed by atoms with van der Waals surface area (Å²) in [4.78, 5) is 0. The Bertz CT molecular complexity index is 842. The lowest BCUT2D eigenvalue weighted by Gasteiger charge is -2.32. The van der Waals surface area contributed by atoms with E-state index >= 15 is 0 Å². The lowest BCUT2D eigenvalue weighted by molar-refractivity contribution is -0.0647. The van der Waals surface area contributed by atoms with Crippen LogP contribution in [0.25, 0.3) is 21.9 Å². The van der Waals surface area contributed by atoms with Gasteiger partial charge >= 0.3 is 0 Å². The van der Waals surface area contributed by atoms with Gasteiger partial charge in [0, 0.05) is 0 Å². The minimum absolute atomic E-state index is 0.670. The quantitative estimate of drug-likeness (QED) is 0.646. The Morgan fingerprint density at radius 1 is 0.682 bits per heavy atom. The standard InChI is InChI=1S/C19H16O3/c20-17-14-8-4-7-12-9-10-13(11-5-2-1-3-6-11)16(15(12)14)18(21)19(17)22/h1-10,17-22H/t17-,18-,19+/m0/s1. The fourth-order valence-electron chi connectivity index (χ4n) is 3.39. The van der Waals surface area contributed by atoms with Gasteiger partial charge in [0.15, 0.2) is 0 Å². The predicted octanol–water partition coefficient (Wildman–Crippen LogP) is 2.95. The molecule has 0 spiro atoms. The van der Waals surface area contributed by atoms with Crippen molar-refractivity contribution in [1.29, 1.82) is 0 Å². The molecule has 0 bridgehead atoms. The molecule has 0 saturated carbocycles. The number of hydrogen-bond acceptors (Lipinski definition) is 3. The Labute approximate surface area is 128 Å². The highest BCUT2D eigenvalue weighted by atomic mass is 16.4. The molecule has 22 heavy (non-hydrogen) atoms. The summed E-state index contributed by atoms with van der Waals surface area (Å²) in [6, 6.07) is 19.3. The maximum absolute atomic E-state index is 10.5. The minimum Gasteiger partial charge on any atom is -0.387 e. The second-order valence-corrected chi connectivity index (χ2v) is 5.72. The SMILES string of the molecule is O[C@@H]1[C@@H](O)c2cccc3ccc(-c4ccccc4)c(c23)[C@@H]1O. The first-order valence-electron chi connectivity index (χ1n) is 7.33. The molecule has 0 aliphatic heterocycles. The van der Waals surface area contributed by atoms with Gasteiger partial charge in [-0.1, -0.05) is 60.7 Å². The Hall–Kier alpha value is -2.20. The number of aliphatic hydroxyl groups excluding tert-OH is 3. The fraction of sp³-hybridized carbons (Fsp3) is 0.158. The van der Waals surface area contributed by atoms with Gasteiger partial charge in [-0.25, -0.2) is 0 Å². The largest absolute Gasteiger partial charge is 0.387 e. The fourth-order valence-corrected chi connectivity index (χ4v) is 3.39. The molecule has 0 unspecified atom stereocenters. The molecule has 0 radical (unpaired) electrons. The van der Waals surface area contributed by atoms with E-state index in [0.717, 1.165) is 21.9 Å². The normalized spacial score (nSPS) is 23.7. The van der Waals surface area contributed by atoms with Crippen LogP contribution in [0.4, 0.5) is 0 Å². The Balaban J connectivity index is 2.11. The minimum atomic E-state index is -1.22. The maximum atomic E-state index is 10.5. The summed E-state index contributed by atoms with van der Waals surface area (Å²) in [5, 5.41) is 32.8. The molecular formula is C19H16O3. The van der Waals surface area contributed by atoms with Gasteiger partial charge < -0.3 is 15.3 Å². The van der Waals surface area contributed by atoms with Gasteiger partial charge in [-0.15, -0.1) is 0 Å². The molecule has 3 aromatic carbocycles. The van der Waals surface area contributed by atoms with E-state index in [1.54, 1.807) is 6.07 Å². The molecule has 1 aliphatic carbocycles. The molecule has 0 fully saturated rings. The zero-order chi connectivity index (χ0) is 15.3. The number of rotatable bonds is 1. The van der Waals surface area contributed by atoms with Crippen molar-refractivity contribution in [3.63, 3.8) is 0 Å². The summed E-state index contributed by atoms with van der Waals surface area (Å²) >= 11 is 0. The monoisotopic (exact) mass is 292 g/mol. The first kappa shape index (κ1) is 13.5. The van der Waals surface area contributed by atoms with Gasteiger partial charge in [-0.05, 0) is 33.0 Å². The van der Waals surface area contributed by atoms with E-state index in [0.29, 0.717) is 11.1 Å². The predicted molar refractivity (Wildman–Crippen MR) is 85.3 cm³/mol. The first-order valence-corrected chi connectivity index (χ1v) is 7.33. The third kappa shape index (κ3) is 1.80. The van der Waals surface area contributed by atoms with Gasteiger partial charge in [0.05, 0.1) is 0 Å². The maximum Gasteiger partial charge on any atom is 0.114 e. The molecule has 3 aromatic rings. The second-order valence-electron chi connectivity index (χ2n) is 5.72. The van der Waals surface area contributed by atoms with Crippen LogP contribution in [0.5, 0.6) is 0 Å². The molecule has 3 heteroatoms. The van der Waals surface area contributed by atoms with Crippen LogP contribution in [0, 0.1) is 0 Å². The molecule has 3 atom stereocenters. The van der Waals surface area contributed by atoms with Crippen LogP contribution in [0.2, 0.25) is 0 Å². The van der Waals surface area contributed by atoms with Crippen LogP contribution in [-0.2, 0) is 0 Å².